The van der Waals surface area contributed by atoms with E-state index < -0.39 is 12.2 Å². The highest BCUT2D eigenvalue weighted by atomic mass is 32.1. The highest BCUT2D eigenvalue weighted by Gasteiger charge is 2.17. The lowest BCUT2D eigenvalue weighted by atomic mass is 10.0. The molecule has 0 bridgehead atoms. The average Bonchev–Trinajstić information content (AvgIpc) is 2.37. The number of rotatable bonds is 4. The summed E-state index contributed by atoms with van der Waals surface area (Å²) in [5.74, 6) is 0.548. The second kappa shape index (κ2) is 5.69. The van der Waals surface area contributed by atoms with Gasteiger partial charge in [0.05, 0.1) is 11.6 Å². The molecule has 0 saturated heterocycles. The molecule has 0 aliphatic rings. The SMILES string of the molecule is Cc1ccc2cc(C(O)C(O)CCS)ccc2n1. The summed E-state index contributed by atoms with van der Waals surface area (Å²) in [6.45, 7) is 1.94. The Morgan fingerprint density at radius 2 is 2.00 bits per heavy atom. The second-order valence-corrected chi connectivity index (χ2v) is 4.88. The van der Waals surface area contributed by atoms with Gasteiger partial charge in [-0.05, 0) is 42.9 Å². The van der Waals surface area contributed by atoms with Crippen LogP contribution in [0, 0.1) is 6.92 Å². The zero-order valence-corrected chi connectivity index (χ0v) is 11.1. The van der Waals surface area contributed by atoms with Gasteiger partial charge in [0.25, 0.3) is 0 Å². The third-order valence-electron chi connectivity index (χ3n) is 2.98. The van der Waals surface area contributed by atoms with Crippen molar-refractivity contribution < 1.29 is 10.2 Å². The van der Waals surface area contributed by atoms with Crippen molar-refractivity contribution in [2.45, 2.75) is 25.6 Å². The van der Waals surface area contributed by atoms with Crippen molar-refractivity contribution in [3.05, 3.63) is 41.6 Å². The van der Waals surface area contributed by atoms with Crippen molar-refractivity contribution in [1.82, 2.24) is 4.98 Å². The lowest BCUT2D eigenvalue weighted by Crippen LogP contribution is -2.18. The van der Waals surface area contributed by atoms with Crippen LogP contribution >= 0.6 is 12.6 Å². The molecule has 0 fully saturated rings. The quantitative estimate of drug-likeness (QED) is 0.742. The minimum atomic E-state index is -0.872. The highest BCUT2D eigenvalue weighted by molar-refractivity contribution is 7.80. The minimum Gasteiger partial charge on any atom is -0.390 e. The van der Waals surface area contributed by atoms with Gasteiger partial charge in [0, 0.05) is 11.1 Å². The first-order chi connectivity index (χ1) is 8.61. The summed E-state index contributed by atoms with van der Waals surface area (Å²) in [5, 5.41) is 20.8. The average molecular weight is 263 g/mol. The van der Waals surface area contributed by atoms with Crippen molar-refractivity contribution in [3.8, 4) is 0 Å². The molecule has 1 heterocycles. The maximum absolute atomic E-state index is 10.0. The molecule has 0 spiro atoms. The largest absolute Gasteiger partial charge is 0.390 e. The summed E-state index contributed by atoms with van der Waals surface area (Å²) in [6.07, 6.45) is -1.18. The molecular weight excluding hydrogens is 246 g/mol. The molecule has 96 valence electrons. The number of aryl methyl sites for hydroxylation is 1. The van der Waals surface area contributed by atoms with E-state index in [9.17, 15) is 10.2 Å². The molecule has 2 aromatic rings. The van der Waals surface area contributed by atoms with Gasteiger partial charge in [0.15, 0.2) is 0 Å². The molecule has 1 aromatic carbocycles. The standard InChI is InChI=1S/C14H17NO2S/c1-9-2-3-10-8-11(4-5-12(10)15-9)14(17)13(16)6-7-18/h2-5,8,13-14,16-18H,6-7H2,1H3. The monoisotopic (exact) mass is 263 g/mol. The Hall–Kier alpha value is -1.10. The van der Waals surface area contributed by atoms with Crippen molar-refractivity contribution in [2.75, 3.05) is 5.75 Å². The molecule has 0 radical (unpaired) electrons. The minimum absolute atomic E-state index is 0.467. The Bertz CT molecular complexity index is 544. The molecule has 0 aliphatic heterocycles. The summed E-state index contributed by atoms with van der Waals surface area (Å²) >= 11 is 4.06. The molecule has 0 aliphatic carbocycles. The van der Waals surface area contributed by atoms with Crippen LogP contribution in [0.3, 0.4) is 0 Å². The predicted molar refractivity (Wildman–Crippen MR) is 75.9 cm³/mol. The highest BCUT2D eigenvalue weighted by Crippen LogP contribution is 2.23. The topological polar surface area (TPSA) is 53.4 Å². The predicted octanol–water partition coefficient (Wildman–Crippen LogP) is 2.26. The molecular formula is C14H17NO2S. The maximum Gasteiger partial charge on any atom is 0.105 e. The Morgan fingerprint density at radius 1 is 1.22 bits per heavy atom. The van der Waals surface area contributed by atoms with Gasteiger partial charge >= 0.3 is 0 Å². The van der Waals surface area contributed by atoms with E-state index >= 15 is 0 Å². The van der Waals surface area contributed by atoms with Gasteiger partial charge in [-0.2, -0.15) is 12.6 Å². The van der Waals surface area contributed by atoms with Gasteiger partial charge in [-0.3, -0.25) is 4.98 Å². The first-order valence-corrected chi connectivity index (χ1v) is 6.59. The van der Waals surface area contributed by atoms with E-state index in [0.717, 1.165) is 16.6 Å². The van der Waals surface area contributed by atoms with Gasteiger partial charge in [-0.15, -0.1) is 0 Å². The second-order valence-electron chi connectivity index (χ2n) is 4.43. The maximum atomic E-state index is 10.0. The Balaban J connectivity index is 2.32. The molecule has 3 nitrogen and oxygen atoms in total. The number of thiol groups is 1. The number of benzene rings is 1. The molecule has 18 heavy (non-hydrogen) atoms. The Labute approximate surface area is 112 Å². The smallest absolute Gasteiger partial charge is 0.105 e. The van der Waals surface area contributed by atoms with Crippen molar-refractivity contribution in [2.24, 2.45) is 0 Å². The number of fused-ring (bicyclic) bond motifs is 1. The molecule has 1 aromatic heterocycles. The van der Waals surface area contributed by atoms with E-state index in [4.69, 9.17) is 0 Å². The number of hydrogen-bond acceptors (Lipinski definition) is 4. The van der Waals surface area contributed by atoms with Crippen LogP contribution in [0.15, 0.2) is 30.3 Å². The summed E-state index contributed by atoms with van der Waals surface area (Å²) in [5.41, 5.74) is 2.57. The molecule has 0 amide bonds. The third-order valence-corrected chi connectivity index (χ3v) is 3.24. The van der Waals surface area contributed by atoms with E-state index in [-0.39, 0.29) is 0 Å². The summed E-state index contributed by atoms with van der Waals surface area (Å²) in [7, 11) is 0. The van der Waals surface area contributed by atoms with E-state index in [1.54, 1.807) is 6.07 Å². The number of hydrogen-bond donors (Lipinski definition) is 3. The van der Waals surface area contributed by atoms with Crippen molar-refractivity contribution >= 4 is 23.5 Å². The first kappa shape index (κ1) is 13.3. The fraction of sp³-hybridized carbons (Fsp3) is 0.357. The zero-order valence-electron chi connectivity index (χ0n) is 10.2. The van der Waals surface area contributed by atoms with Crippen LogP contribution in [0.5, 0.6) is 0 Å². The Morgan fingerprint density at radius 3 is 2.72 bits per heavy atom. The lowest BCUT2D eigenvalue weighted by molar-refractivity contribution is 0.0173. The van der Waals surface area contributed by atoms with E-state index in [1.165, 1.54) is 0 Å². The number of nitrogens with zero attached hydrogens (tertiary/aromatic N) is 1. The normalized spacial score (nSPS) is 14.7. The number of aromatic nitrogens is 1. The van der Waals surface area contributed by atoms with Gasteiger partial charge in [0.2, 0.25) is 0 Å². The zero-order chi connectivity index (χ0) is 13.1. The molecule has 2 N–H and O–H groups in total. The number of aliphatic hydroxyl groups is 2. The summed E-state index contributed by atoms with van der Waals surface area (Å²) < 4.78 is 0. The van der Waals surface area contributed by atoms with E-state index in [1.807, 2.05) is 31.2 Å². The van der Waals surface area contributed by atoms with Crippen molar-refractivity contribution in [3.63, 3.8) is 0 Å². The van der Waals surface area contributed by atoms with Gasteiger partial charge in [-0.1, -0.05) is 12.1 Å². The van der Waals surface area contributed by atoms with Crippen LogP contribution in [0.1, 0.15) is 23.8 Å². The lowest BCUT2D eigenvalue weighted by Gasteiger charge is -2.17. The van der Waals surface area contributed by atoms with Crippen LogP contribution in [0.2, 0.25) is 0 Å². The van der Waals surface area contributed by atoms with Crippen LogP contribution in [-0.4, -0.2) is 27.1 Å². The molecule has 2 atom stereocenters. The van der Waals surface area contributed by atoms with E-state index in [0.29, 0.717) is 17.7 Å². The van der Waals surface area contributed by atoms with Crippen LogP contribution in [0.25, 0.3) is 10.9 Å². The van der Waals surface area contributed by atoms with Crippen LogP contribution < -0.4 is 0 Å². The molecule has 2 unspecified atom stereocenters. The van der Waals surface area contributed by atoms with Crippen molar-refractivity contribution in [1.29, 1.82) is 0 Å². The third kappa shape index (κ3) is 2.83. The van der Waals surface area contributed by atoms with Crippen LogP contribution in [-0.2, 0) is 0 Å². The molecule has 2 rings (SSSR count). The van der Waals surface area contributed by atoms with Crippen LogP contribution in [0.4, 0.5) is 0 Å². The molecule has 0 saturated carbocycles. The summed E-state index contributed by atoms with van der Waals surface area (Å²) in [6, 6.07) is 9.45. The first-order valence-electron chi connectivity index (χ1n) is 5.96. The number of pyridine rings is 1. The van der Waals surface area contributed by atoms with Gasteiger partial charge < -0.3 is 10.2 Å². The Kier molecular flexibility index (Phi) is 4.22. The molecule has 4 heteroatoms. The fourth-order valence-electron chi connectivity index (χ4n) is 1.94. The van der Waals surface area contributed by atoms with Gasteiger partial charge in [-0.25, -0.2) is 0 Å². The summed E-state index contributed by atoms with van der Waals surface area (Å²) in [4.78, 5) is 4.40. The van der Waals surface area contributed by atoms with E-state index in [2.05, 4.69) is 17.6 Å². The fourth-order valence-corrected chi connectivity index (χ4v) is 2.21. The number of aliphatic hydroxyl groups excluding tert-OH is 2. The van der Waals surface area contributed by atoms with Gasteiger partial charge in [0.1, 0.15) is 6.10 Å².